The largest absolute Gasteiger partial charge is 0.204 e. The summed E-state index contributed by atoms with van der Waals surface area (Å²) in [7, 11) is 0. The summed E-state index contributed by atoms with van der Waals surface area (Å²) < 4.78 is 24.6. The molecule has 1 aromatic carbocycles. The zero-order valence-electron chi connectivity index (χ0n) is 11.3. The monoisotopic (exact) mass is 252 g/mol. The maximum Gasteiger partial charge on any atom is 0.161 e. The quantitative estimate of drug-likeness (QED) is 0.586. The Morgan fingerprint density at radius 3 is 2.17 bits per heavy atom. The molecule has 1 saturated carbocycles. The van der Waals surface area contributed by atoms with Crippen molar-refractivity contribution in [2.24, 2.45) is 5.92 Å². The first-order chi connectivity index (χ1) is 8.52. The fourth-order valence-corrected chi connectivity index (χ4v) is 2.21. The van der Waals surface area contributed by atoms with Gasteiger partial charge in [0.1, 0.15) is 0 Å². The molecule has 0 spiro atoms. The molecule has 1 aliphatic carbocycles. The number of allylic oxidation sites excluding steroid dienone is 1. The SMILES string of the molecule is C=C(C)C1CCCCC1.Cc1cccc(F)c1F. The van der Waals surface area contributed by atoms with Crippen molar-refractivity contribution >= 4 is 0 Å². The highest BCUT2D eigenvalue weighted by atomic mass is 19.2. The van der Waals surface area contributed by atoms with Gasteiger partial charge in [0.15, 0.2) is 11.6 Å². The van der Waals surface area contributed by atoms with Gasteiger partial charge in [0.05, 0.1) is 0 Å². The first-order valence-electron chi connectivity index (χ1n) is 6.58. The summed E-state index contributed by atoms with van der Waals surface area (Å²) in [5.41, 5.74) is 1.74. The van der Waals surface area contributed by atoms with Crippen LogP contribution < -0.4 is 0 Å². The van der Waals surface area contributed by atoms with Gasteiger partial charge in [-0.25, -0.2) is 8.78 Å². The first-order valence-corrected chi connectivity index (χ1v) is 6.58. The molecule has 18 heavy (non-hydrogen) atoms. The van der Waals surface area contributed by atoms with Crippen LogP contribution in [0.15, 0.2) is 30.4 Å². The van der Waals surface area contributed by atoms with E-state index in [1.165, 1.54) is 56.7 Å². The van der Waals surface area contributed by atoms with Crippen molar-refractivity contribution in [3.8, 4) is 0 Å². The predicted molar refractivity (Wildman–Crippen MR) is 72.5 cm³/mol. The summed E-state index contributed by atoms with van der Waals surface area (Å²) in [5, 5.41) is 0. The molecule has 0 radical (unpaired) electrons. The van der Waals surface area contributed by atoms with E-state index in [1.54, 1.807) is 0 Å². The molecule has 1 aliphatic rings. The molecular formula is C16H22F2. The van der Waals surface area contributed by atoms with E-state index in [9.17, 15) is 8.78 Å². The third-order valence-corrected chi connectivity index (χ3v) is 3.45. The molecule has 100 valence electrons. The minimum Gasteiger partial charge on any atom is -0.204 e. The molecule has 1 aromatic rings. The zero-order chi connectivity index (χ0) is 13.5. The second-order valence-corrected chi connectivity index (χ2v) is 5.05. The van der Waals surface area contributed by atoms with Gasteiger partial charge in [0, 0.05) is 0 Å². The van der Waals surface area contributed by atoms with Crippen molar-refractivity contribution in [2.45, 2.75) is 46.0 Å². The lowest BCUT2D eigenvalue weighted by Crippen LogP contribution is -2.05. The molecule has 0 N–H and O–H groups in total. The van der Waals surface area contributed by atoms with Crippen LogP contribution in [0.3, 0.4) is 0 Å². The lowest BCUT2D eigenvalue weighted by atomic mass is 9.85. The molecular weight excluding hydrogens is 230 g/mol. The summed E-state index contributed by atoms with van der Waals surface area (Å²) in [5.74, 6) is -0.675. The Morgan fingerprint density at radius 2 is 1.78 bits per heavy atom. The van der Waals surface area contributed by atoms with Gasteiger partial charge < -0.3 is 0 Å². The van der Waals surface area contributed by atoms with Gasteiger partial charge in [-0.3, -0.25) is 0 Å². The third kappa shape index (κ3) is 4.59. The standard InChI is InChI=1S/C9H16.C7H6F2/c1-8(2)9-6-4-3-5-7-9;1-5-3-2-4-6(8)7(5)9/h9H,1,3-7H2,2H3;2-4H,1H3. The normalized spacial score (nSPS) is 15.8. The average molecular weight is 252 g/mol. The second-order valence-electron chi connectivity index (χ2n) is 5.05. The number of hydrogen-bond acceptors (Lipinski definition) is 0. The maximum absolute atomic E-state index is 12.4. The number of rotatable bonds is 1. The summed E-state index contributed by atoms with van der Waals surface area (Å²) in [4.78, 5) is 0. The van der Waals surface area contributed by atoms with E-state index in [0.29, 0.717) is 5.56 Å². The van der Waals surface area contributed by atoms with Crippen molar-refractivity contribution in [3.05, 3.63) is 47.5 Å². The van der Waals surface area contributed by atoms with E-state index in [2.05, 4.69) is 13.5 Å². The Labute approximate surface area is 109 Å². The van der Waals surface area contributed by atoms with Gasteiger partial charge in [-0.1, -0.05) is 43.5 Å². The minimum atomic E-state index is -0.782. The van der Waals surface area contributed by atoms with E-state index in [-0.39, 0.29) is 0 Å². The van der Waals surface area contributed by atoms with Crippen LogP contribution >= 0.6 is 0 Å². The van der Waals surface area contributed by atoms with Gasteiger partial charge in [0.2, 0.25) is 0 Å². The van der Waals surface area contributed by atoms with Gasteiger partial charge in [0.25, 0.3) is 0 Å². The molecule has 0 amide bonds. The fraction of sp³-hybridized carbons (Fsp3) is 0.500. The number of aryl methyl sites for hydroxylation is 1. The van der Waals surface area contributed by atoms with Crippen molar-refractivity contribution in [1.82, 2.24) is 0 Å². The fourth-order valence-electron chi connectivity index (χ4n) is 2.21. The Bertz CT molecular complexity index is 370. The van der Waals surface area contributed by atoms with Crippen LogP contribution in [-0.2, 0) is 0 Å². The molecule has 0 aliphatic heterocycles. The van der Waals surface area contributed by atoms with Crippen LogP contribution in [0.2, 0.25) is 0 Å². The van der Waals surface area contributed by atoms with E-state index in [0.717, 1.165) is 12.0 Å². The van der Waals surface area contributed by atoms with Crippen molar-refractivity contribution in [2.75, 3.05) is 0 Å². The Hall–Kier alpha value is -1.18. The molecule has 2 rings (SSSR count). The highest BCUT2D eigenvalue weighted by Gasteiger charge is 2.12. The van der Waals surface area contributed by atoms with Crippen LogP contribution in [0.5, 0.6) is 0 Å². The zero-order valence-corrected chi connectivity index (χ0v) is 11.3. The van der Waals surface area contributed by atoms with E-state index in [1.807, 2.05) is 0 Å². The average Bonchev–Trinajstić information content (AvgIpc) is 2.38. The van der Waals surface area contributed by atoms with Crippen molar-refractivity contribution in [1.29, 1.82) is 0 Å². The van der Waals surface area contributed by atoms with Crippen LogP contribution in [0.1, 0.15) is 44.6 Å². The number of hydrogen-bond donors (Lipinski definition) is 0. The molecule has 0 nitrogen and oxygen atoms in total. The lowest BCUT2D eigenvalue weighted by molar-refractivity contribution is 0.404. The Balaban J connectivity index is 0.000000180. The van der Waals surface area contributed by atoms with Crippen molar-refractivity contribution < 1.29 is 8.78 Å². The molecule has 0 unspecified atom stereocenters. The van der Waals surface area contributed by atoms with E-state index < -0.39 is 11.6 Å². The van der Waals surface area contributed by atoms with Gasteiger partial charge in [-0.15, -0.1) is 0 Å². The molecule has 0 atom stereocenters. The van der Waals surface area contributed by atoms with Crippen LogP contribution in [0.4, 0.5) is 8.78 Å². The topological polar surface area (TPSA) is 0 Å². The molecule has 0 aromatic heterocycles. The molecule has 0 saturated heterocycles. The molecule has 2 heteroatoms. The van der Waals surface area contributed by atoms with Crippen LogP contribution in [-0.4, -0.2) is 0 Å². The van der Waals surface area contributed by atoms with Crippen molar-refractivity contribution in [3.63, 3.8) is 0 Å². The van der Waals surface area contributed by atoms with Gasteiger partial charge >= 0.3 is 0 Å². The van der Waals surface area contributed by atoms with Crippen LogP contribution in [0, 0.1) is 24.5 Å². The van der Waals surface area contributed by atoms with Crippen LogP contribution in [0.25, 0.3) is 0 Å². The molecule has 0 heterocycles. The lowest BCUT2D eigenvalue weighted by Gasteiger charge is -2.21. The predicted octanol–water partition coefficient (Wildman–Crippen LogP) is 5.42. The minimum absolute atomic E-state index is 0.343. The second kappa shape index (κ2) is 7.30. The first kappa shape index (κ1) is 14.9. The van der Waals surface area contributed by atoms with E-state index in [4.69, 9.17) is 0 Å². The highest BCUT2D eigenvalue weighted by molar-refractivity contribution is 5.16. The summed E-state index contributed by atoms with van der Waals surface area (Å²) in [6.07, 6.45) is 7.10. The Morgan fingerprint density at radius 1 is 1.17 bits per heavy atom. The smallest absolute Gasteiger partial charge is 0.161 e. The van der Waals surface area contributed by atoms with E-state index >= 15 is 0 Å². The summed E-state index contributed by atoms with van der Waals surface area (Å²) in [6, 6.07) is 4.11. The van der Waals surface area contributed by atoms with Gasteiger partial charge in [-0.05, 0) is 44.2 Å². The molecule has 1 fully saturated rings. The maximum atomic E-state index is 12.4. The number of benzene rings is 1. The summed E-state index contributed by atoms with van der Waals surface area (Å²) >= 11 is 0. The Kier molecular flexibility index (Phi) is 6.03. The highest BCUT2D eigenvalue weighted by Crippen LogP contribution is 2.28. The van der Waals surface area contributed by atoms with Gasteiger partial charge in [-0.2, -0.15) is 0 Å². The third-order valence-electron chi connectivity index (χ3n) is 3.45. The number of halogens is 2. The molecule has 0 bridgehead atoms. The summed E-state index contributed by atoms with van der Waals surface area (Å²) in [6.45, 7) is 7.67.